The monoisotopic (exact) mass is 409 g/mol. The zero-order valence-corrected chi connectivity index (χ0v) is 16.4. The van der Waals surface area contributed by atoms with Crippen LogP contribution in [0.1, 0.15) is 18.0 Å². The molecule has 0 spiro atoms. The van der Waals surface area contributed by atoms with Gasteiger partial charge in [0.2, 0.25) is 11.8 Å². The number of nitrogens with zero attached hydrogens (tertiary/aromatic N) is 4. The van der Waals surface area contributed by atoms with Gasteiger partial charge in [0.15, 0.2) is 0 Å². The van der Waals surface area contributed by atoms with E-state index in [0.29, 0.717) is 23.8 Å². The van der Waals surface area contributed by atoms with Gasteiger partial charge in [-0.2, -0.15) is 5.10 Å². The van der Waals surface area contributed by atoms with Crippen molar-refractivity contribution < 1.29 is 9.59 Å². The summed E-state index contributed by atoms with van der Waals surface area (Å²) in [5, 5.41) is 7.78. The normalized spacial score (nSPS) is 17.3. The molecule has 29 heavy (non-hydrogen) atoms. The Morgan fingerprint density at radius 2 is 2.03 bits per heavy atom. The predicted octanol–water partition coefficient (Wildman–Crippen LogP) is 2.84. The molecule has 2 heterocycles. The number of halogens is 1. The fourth-order valence-electron chi connectivity index (χ4n) is 3.50. The van der Waals surface area contributed by atoms with E-state index in [2.05, 4.69) is 15.4 Å². The molecule has 7 nitrogen and oxygen atoms in total. The largest absolute Gasteiger partial charge is 0.347 e. The highest BCUT2D eigenvalue weighted by atomic mass is 35.5. The molecule has 2 unspecified atom stereocenters. The van der Waals surface area contributed by atoms with Crippen LogP contribution in [-0.2, 0) is 16.1 Å². The number of benzene rings is 2. The van der Waals surface area contributed by atoms with Crippen molar-refractivity contribution in [3.05, 3.63) is 77.8 Å². The van der Waals surface area contributed by atoms with Gasteiger partial charge in [-0.05, 0) is 23.8 Å². The first-order chi connectivity index (χ1) is 14.1. The number of hydrogen-bond donors (Lipinski definition) is 1. The second-order valence-electron chi connectivity index (χ2n) is 6.97. The molecule has 0 radical (unpaired) electrons. The highest BCUT2D eigenvalue weighted by Gasteiger charge is 2.36. The lowest BCUT2D eigenvalue weighted by Gasteiger charge is -2.21. The first-order valence-electron chi connectivity index (χ1n) is 9.34. The van der Waals surface area contributed by atoms with Gasteiger partial charge < -0.3 is 10.2 Å². The third-order valence-electron chi connectivity index (χ3n) is 4.97. The first-order valence-corrected chi connectivity index (χ1v) is 9.71. The average Bonchev–Trinajstić information content (AvgIpc) is 3.38. The van der Waals surface area contributed by atoms with Gasteiger partial charge in [0.05, 0.1) is 18.5 Å². The summed E-state index contributed by atoms with van der Waals surface area (Å²) < 4.78 is 1.68. The van der Waals surface area contributed by atoms with E-state index in [0.717, 1.165) is 5.56 Å². The summed E-state index contributed by atoms with van der Waals surface area (Å²) in [6.45, 7) is 0.782. The number of hydrogen-bond acceptors (Lipinski definition) is 4. The second kappa shape index (κ2) is 8.45. The van der Waals surface area contributed by atoms with Gasteiger partial charge in [-0.3, -0.25) is 14.3 Å². The Labute approximate surface area is 173 Å². The van der Waals surface area contributed by atoms with Crippen molar-refractivity contribution >= 4 is 29.1 Å². The minimum absolute atomic E-state index is 0.0834. The van der Waals surface area contributed by atoms with Crippen LogP contribution in [0.25, 0.3) is 0 Å². The van der Waals surface area contributed by atoms with Gasteiger partial charge in [0.1, 0.15) is 12.7 Å². The zero-order valence-electron chi connectivity index (χ0n) is 15.6. The van der Waals surface area contributed by atoms with Gasteiger partial charge in [-0.25, -0.2) is 4.98 Å². The Kier molecular flexibility index (Phi) is 5.57. The lowest BCUT2D eigenvalue weighted by Crippen LogP contribution is -2.37. The number of amides is 2. The van der Waals surface area contributed by atoms with Crippen molar-refractivity contribution in [1.82, 2.24) is 20.1 Å². The quantitative estimate of drug-likeness (QED) is 0.678. The zero-order chi connectivity index (χ0) is 20.2. The molecular formula is C21H20ClN5O2. The maximum atomic E-state index is 13.0. The van der Waals surface area contributed by atoms with Crippen molar-refractivity contribution in [2.24, 2.45) is 5.92 Å². The molecule has 0 aliphatic carbocycles. The van der Waals surface area contributed by atoms with Crippen LogP contribution in [0.3, 0.4) is 0 Å². The average molecular weight is 410 g/mol. The van der Waals surface area contributed by atoms with E-state index >= 15 is 0 Å². The van der Waals surface area contributed by atoms with Crippen LogP contribution in [0.2, 0.25) is 5.02 Å². The molecular weight excluding hydrogens is 390 g/mol. The molecule has 2 atom stereocenters. The number of rotatable bonds is 6. The Morgan fingerprint density at radius 1 is 1.21 bits per heavy atom. The van der Waals surface area contributed by atoms with E-state index in [9.17, 15) is 9.59 Å². The lowest BCUT2D eigenvalue weighted by atomic mass is 10.0. The molecule has 8 heteroatoms. The summed E-state index contributed by atoms with van der Waals surface area (Å²) in [5.41, 5.74) is 1.67. The van der Waals surface area contributed by atoms with E-state index in [1.807, 2.05) is 36.4 Å². The third kappa shape index (κ3) is 4.46. The van der Waals surface area contributed by atoms with E-state index in [1.54, 1.807) is 34.1 Å². The number of aromatic nitrogens is 3. The van der Waals surface area contributed by atoms with Crippen molar-refractivity contribution in [1.29, 1.82) is 0 Å². The highest BCUT2D eigenvalue weighted by Crippen LogP contribution is 2.28. The molecule has 2 aromatic carbocycles. The molecule has 0 bridgehead atoms. The molecule has 4 rings (SSSR count). The van der Waals surface area contributed by atoms with Crippen molar-refractivity contribution in [2.75, 3.05) is 11.4 Å². The number of carbonyl (C=O) groups excluding carboxylic acids is 2. The smallest absolute Gasteiger partial charge is 0.227 e. The molecule has 1 fully saturated rings. The molecule has 0 saturated carbocycles. The Balaban J connectivity index is 1.48. The van der Waals surface area contributed by atoms with Gasteiger partial charge in [0.25, 0.3) is 0 Å². The minimum Gasteiger partial charge on any atom is -0.347 e. The Morgan fingerprint density at radius 3 is 2.76 bits per heavy atom. The van der Waals surface area contributed by atoms with Crippen LogP contribution in [-0.4, -0.2) is 33.1 Å². The van der Waals surface area contributed by atoms with Gasteiger partial charge in [0, 0.05) is 23.7 Å². The molecule has 3 aromatic rings. The van der Waals surface area contributed by atoms with E-state index in [1.165, 1.54) is 6.33 Å². The van der Waals surface area contributed by atoms with E-state index in [4.69, 9.17) is 11.6 Å². The molecule has 1 aliphatic heterocycles. The van der Waals surface area contributed by atoms with Gasteiger partial charge in [-0.15, -0.1) is 0 Å². The van der Waals surface area contributed by atoms with Gasteiger partial charge in [-0.1, -0.05) is 48.0 Å². The maximum Gasteiger partial charge on any atom is 0.227 e. The lowest BCUT2D eigenvalue weighted by molar-refractivity contribution is -0.127. The molecule has 1 aromatic heterocycles. The Bertz CT molecular complexity index is 993. The summed E-state index contributed by atoms with van der Waals surface area (Å²) in [7, 11) is 0. The van der Waals surface area contributed by atoms with Crippen LogP contribution in [0, 0.1) is 5.92 Å². The molecule has 148 valence electrons. The second-order valence-corrected chi connectivity index (χ2v) is 7.41. The topological polar surface area (TPSA) is 80.1 Å². The summed E-state index contributed by atoms with van der Waals surface area (Å²) in [4.78, 5) is 31.1. The number of carbonyl (C=O) groups is 2. The minimum atomic E-state index is -0.427. The molecule has 1 saturated heterocycles. The van der Waals surface area contributed by atoms with Gasteiger partial charge >= 0.3 is 0 Å². The summed E-state index contributed by atoms with van der Waals surface area (Å²) in [6, 6.07) is 16.5. The standard InChI is InChI=1S/C21H20ClN5O2/c22-17-7-4-8-18(10-17)27-11-16(9-20(27)28)21(29)25-19(12-26-14-23-13-24-26)15-5-2-1-3-6-15/h1-8,10,13-14,16,19H,9,11-12H2,(H,25,29). The molecule has 1 aliphatic rings. The van der Waals surface area contributed by atoms with Crippen molar-refractivity contribution in [3.63, 3.8) is 0 Å². The Hall–Kier alpha value is -3.19. The highest BCUT2D eigenvalue weighted by molar-refractivity contribution is 6.31. The van der Waals surface area contributed by atoms with E-state index in [-0.39, 0.29) is 24.3 Å². The van der Waals surface area contributed by atoms with E-state index < -0.39 is 5.92 Å². The number of nitrogens with one attached hydrogen (secondary N) is 1. The fourth-order valence-corrected chi connectivity index (χ4v) is 3.68. The van der Waals surface area contributed by atoms with Crippen LogP contribution >= 0.6 is 11.6 Å². The summed E-state index contributed by atoms with van der Waals surface area (Å²) in [6.07, 6.45) is 3.24. The molecule has 2 amide bonds. The molecule has 1 N–H and O–H groups in total. The van der Waals surface area contributed by atoms with Crippen LogP contribution in [0.15, 0.2) is 67.3 Å². The van der Waals surface area contributed by atoms with Crippen LogP contribution in [0.5, 0.6) is 0 Å². The third-order valence-corrected chi connectivity index (χ3v) is 5.21. The number of anilines is 1. The first kappa shape index (κ1) is 19.1. The van der Waals surface area contributed by atoms with Crippen molar-refractivity contribution in [2.45, 2.75) is 19.0 Å². The maximum absolute atomic E-state index is 13.0. The summed E-state index contributed by atoms with van der Waals surface area (Å²) >= 11 is 6.04. The fraction of sp³-hybridized carbons (Fsp3) is 0.238. The SMILES string of the molecule is O=C(NC(Cn1cncn1)c1ccccc1)C1CC(=O)N(c2cccc(Cl)c2)C1. The van der Waals surface area contributed by atoms with Crippen molar-refractivity contribution in [3.8, 4) is 0 Å². The predicted molar refractivity (Wildman–Crippen MR) is 109 cm³/mol. The summed E-state index contributed by atoms with van der Waals surface area (Å²) in [5.74, 6) is -0.666. The van der Waals surface area contributed by atoms with Crippen LogP contribution in [0.4, 0.5) is 5.69 Å². The van der Waals surface area contributed by atoms with Crippen LogP contribution < -0.4 is 10.2 Å².